The van der Waals surface area contributed by atoms with Crippen LogP contribution < -0.4 is 15.0 Å². The van der Waals surface area contributed by atoms with Gasteiger partial charge in [-0.3, -0.25) is 14.3 Å². The van der Waals surface area contributed by atoms with Gasteiger partial charge in [-0.25, -0.2) is 8.42 Å². The van der Waals surface area contributed by atoms with Crippen LogP contribution in [0.25, 0.3) is 0 Å². The topological polar surface area (TPSA) is 117 Å². The van der Waals surface area contributed by atoms with Crippen molar-refractivity contribution in [2.45, 2.75) is 26.7 Å². The van der Waals surface area contributed by atoms with E-state index in [-0.39, 0.29) is 30.0 Å². The molecule has 10 heteroatoms. The van der Waals surface area contributed by atoms with Crippen molar-refractivity contribution in [3.8, 4) is 0 Å². The molecule has 1 aliphatic heterocycles. The summed E-state index contributed by atoms with van der Waals surface area (Å²) in [7, 11) is -3.49. The van der Waals surface area contributed by atoms with Crippen molar-refractivity contribution in [1.82, 2.24) is 0 Å². The van der Waals surface area contributed by atoms with E-state index in [4.69, 9.17) is 4.74 Å². The van der Waals surface area contributed by atoms with Crippen LogP contribution >= 0.6 is 0 Å². The van der Waals surface area contributed by atoms with Crippen LogP contribution in [0.1, 0.15) is 25.8 Å². The lowest BCUT2D eigenvalue weighted by atomic mass is 10.1. The second-order valence-corrected chi connectivity index (χ2v) is 9.03. The smallest absolute Gasteiger partial charge is 0.311 e. The average molecular weight is 471 g/mol. The van der Waals surface area contributed by atoms with Crippen LogP contribution in [0.5, 0.6) is 0 Å². The molecule has 0 saturated carbocycles. The molecule has 0 aliphatic carbocycles. The highest BCUT2D eigenvalue weighted by atomic mass is 32.2. The number of aryl methyl sites for hydroxylation is 1. The van der Waals surface area contributed by atoms with E-state index in [1.54, 1.807) is 25.1 Å². The summed E-state index contributed by atoms with van der Waals surface area (Å²) in [5.41, 5.74) is 3.02. The molecular formula is C23H26N4O5S. The van der Waals surface area contributed by atoms with Crippen molar-refractivity contribution < 1.29 is 22.7 Å². The fraction of sp³-hybridized carbons (Fsp3) is 0.261. The summed E-state index contributed by atoms with van der Waals surface area (Å²) in [6.45, 7) is 3.94. The maximum Gasteiger partial charge on any atom is 0.311 e. The number of hydrazone groups is 1. The minimum Gasteiger partial charge on any atom is -0.466 e. The first kappa shape index (κ1) is 24.0. The third-order valence-corrected chi connectivity index (χ3v) is 5.34. The normalized spacial score (nSPS) is 14.9. The summed E-state index contributed by atoms with van der Waals surface area (Å²) in [5.74, 6) is -0.953. The van der Waals surface area contributed by atoms with Gasteiger partial charge in [0.1, 0.15) is 0 Å². The third kappa shape index (κ3) is 6.19. The van der Waals surface area contributed by atoms with Gasteiger partial charge < -0.3 is 10.1 Å². The van der Waals surface area contributed by atoms with Crippen molar-refractivity contribution >= 4 is 44.7 Å². The molecule has 0 bridgehead atoms. The Kier molecular flexibility index (Phi) is 7.49. The van der Waals surface area contributed by atoms with Crippen LogP contribution in [0.4, 0.5) is 17.1 Å². The second-order valence-electron chi connectivity index (χ2n) is 7.28. The predicted molar refractivity (Wildman–Crippen MR) is 129 cm³/mol. The van der Waals surface area contributed by atoms with Crippen LogP contribution in [-0.2, 0) is 30.8 Å². The summed E-state index contributed by atoms with van der Waals surface area (Å²) >= 11 is 0. The molecule has 0 saturated heterocycles. The lowest BCUT2D eigenvalue weighted by Crippen LogP contribution is -2.22. The SMILES string of the molecule is CCOC(=O)CC1=NN(c2cccc(NS(C)(=O)=O)c2)C(=O)C1=CNc1ccccc1CC. The van der Waals surface area contributed by atoms with Gasteiger partial charge >= 0.3 is 5.97 Å². The third-order valence-electron chi connectivity index (χ3n) is 4.74. The number of carbonyl (C=O) groups excluding carboxylic acids is 2. The maximum atomic E-state index is 13.2. The van der Waals surface area contributed by atoms with Gasteiger partial charge in [0.2, 0.25) is 10.0 Å². The molecule has 2 aromatic carbocycles. The van der Waals surface area contributed by atoms with E-state index in [1.165, 1.54) is 12.3 Å². The summed E-state index contributed by atoms with van der Waals surface area (Å²) in [5, 5.41) is 8.64. The number of nitrogens with one attached hydrogen (secondary N) is 2. The van der Waals surface area contributed by atoms with Gasteiger partial charge in [-0.15, -0.1) is 0 Å². The molecule has 1 amide bonds. The number of anilines is 3. The minimum absolute atomic E-state index is 0.180. The summed E-state index contributed by atoms with van der Waals surface area (Å²) in [6.07, 6.45) is 3.20. The van der Waals surface area contributed by atoms with Crippen molar-refractivity contribution in [3.63, 3.8) is 0 Å². The van der Waals surface area contributed by atoms with Gasteiger partial charge in [0, 0.05) is 11.9 Å². The summed E-state index contributed by atoms with van der Waals surface area (Å²) < 4.78 is 30.5. The first-order valence-corrected chi connectivity index (χ1v) is 12.3. The van der Waals surface area contributed by atoms with Crippen LogP contribution in [0, 0.1) is 0 Å². The summed E-state index contributed by atoms with van der Waals surface area (Å²) in [6, 6.07) is 14.0. The fourth-order valence-electron chi connectivity index (χ4n) is 3.29. The van der Waals surface area contributed by atoms with Gasteiger partial charge in [-0.2, -0.15) is 10.1 Å². The maximum absolute atomic E-state index is 13.2. The van der Waals surface area contributed by atoms with E-state index in [0.717, 1.165) is 28.9 Å². The highest BCUT2D eigenvalue weighted by Crippen LogP contribution is 2.28. The lowest BCUT2D eigenvalue weighted by molar-refractivity contribution is -0.141. The zero-order chi connectivity index (χ0) is 24.0. The molecule has 2 N–H and O–H groups in total. The molecule has 9 nitrogen and oxygen atoms in total. The molecule has 33 heavy (non-hydrogen) atoms. The van der Waals surface area contributed by atoms with Crippen LogP contribution in [0.2, 0.25) is 0 Å². The van der Waals surface area contributed by atoms with Crippen molar-refractivity contribution in [2.24, 2.45) is 5.10 Å². The Balaban J connectivity index is 1.95. The number of sulfonamides is 1. The van der Waals surface area contributed by atoms with Gasteiger partial charge in [0.05, 0.1) is 41.9 Å². The Hall–Kier alpha value is -3.66. The number of carbonyl (C=O) groups is 2. The molecule has 0 unspecified atom stereocenters. The first-order chi connectivity index (χ1) is 15.7. The van der Waals surface area contributed by atoms with E-state index in [1.807, 2.05) is 31.2 Å². The molecule has 2 aromatic rings. The molecule has 0 spiro atoms. The number of amides is 1. The number of benzene rings is 2. The van der Waals surface area contributed by atoms with E-state index >= 15 is 0 Å². The number of para-hydroxylation sites is 1. The van der Waals surface area contributed by atoms with Crippen molar-refractivity contribution in [3.05, 3.63) is 65.9 Å². The van der Waals surface area contributed by atoms with Crippen molar-refractivity contribution in [1.29, 1.82) is 0 Å². The lowest BCUT2D eigenvalue weighted by Gasteiger charge is -2.13. The molecule has 0 aromatic heterocycles. The number of rotatable bonds is 9. The number of esters is 1. The standard InChI is InChI=1S/C23H26N4O5S/c1-4-16-9-6-7-12-20(16)24-15-19-21(14-22(28)32-5-2)25-27(23(19)29)18-11-8-10-17(13-18)26-33(3,30)31/h6-13,15,24,26H,4-5,14H2,1-3H3. The zero-order valence-corrected chi connectivity index (χ0v) is 19.5. The van der Waals surface area contributed by atoms with Gasteiger partial charge in [0.25, 0.3) is 5.91 Å². The molecule has 0 fully saturated rings. The van der Waals surface area contributed by atoms with Gasteiger partial charge in [0.15, 0.2) is 0 Å². The monoisotopic (exact) mass is 470 g/mol. The highest BCUT2D eigenvalue weighted by Gasteiger charge is 2.33. The number of hydrogen-bond acceptors (Lipinski definition) is 7. The van der Waals surface area contributed by atoms with Crippen molar-refractivity contribution in [2.75, 3.05) is 27.9 Å². The Labute approximate surface area is 193 Å². The molecule has 3 rings (SSSR count). The molecular weight excluding hydrogens is 444 g/mol. The molecule has 1 heterocycles. The second kappa shape index (κ2) is 10.3. The molecule has 0 atom stereocenters. The van der Waals surface area contributed by atoms with Gasteiger partial charge in [-0.1, -0.05) is 31.2 Å². The Morgan fingerprint density at radius 3 is 2.61 bits per heavy atom. The largest absolute Gasteiger partial charge is 0.466 e. The molecule has 1 aliphatic rings. The van der Waals surface area contributed by atoms with Crippen LogP contribution in [0.3, 0.4) is 0 Å². The van der Waals surface area contributed by atoms with Crippen LogP contribution in [0.15, 0.2) is 65.4 Å². The fourth-order valence-corrected chi connectivity index (χ4v) is 3.85. The Bertz CT molecular complexity index is 1220. The van der Waals surface area contributed by atoms with E-state index in [9.17, 15) is 18.0 Å². The van der Waals surface area contributed by atoms with E-state index in [0.29, 0.717) is 5.69 Å². The summed E-state index contributed by atoms with van der Waals surface area (Å²) in [4.78, 5) is 25.4. The van der Waals surface area contributed by atoms with Crippen LogP contribution in [-0.4, -0.2) is 38.9 Å². The molecule has 0 radical (unpaired) electrons. The Morgan fingerprint density at radius 1 is 1.15 bits per heavy atom. The predicted octanol–water partition coefficient (Wildman–Crippen LogP) is 3.27. The highest BCUT2D eigenvalue weighted by molar-refractivity contribution is 7.92. The minimum atomic E-state index is -3.49. The number of ether oxygens (including phenoxy) is 1. The van der Waals surface area contributed by atoms with E-state index < -0.39 is 21.9 Å². The van der Waals surface area contributed by atoms with Gasteiger partial charge in [-0.05, 0) is 43.2 Å². The first-order valence-electron chi connectivity index (χ1n) is 10.4. The average Bonchev–Trinajstić information content (AvgIpc) is 3.06. The number of hydrogen-bond donors (Lipinski definition) is 2. The number of nitrogens with zero attached hydrogens (tertiary/aromatic N) is 2. The Morgan fingerprint density at radius 2 is 1.91 bits per heavy atom. The van der Waals surface area contributed by atoms with E-state index in [2.05, 4.69) is 15.1 Å². The molecule has 174 valence electrons. The quantitative estimate of drug-likeness (QED) is 0.429. The zero-order valence-electron chi connectivity index (χ0n) is 18.7.